The molecule has 0 amide bonds. The van der Waals surface area contributed by atoms with Crippen molar-refractivity contribution in [3.05, 3.63) is 12.0 Å². The number of aromatic nitrogens is 2. The second-order valence-electron chi connectivity index (χ2n) is 6.03. The molecule has 1 aromatic heterocycles. The fourth-order valence-corrected chi connectivity index (χ4v) is 2.30. The standard InChI is InChI=1S/C12H21ClN2O2S/c1-9(2)11-14-10(18(13,16)17)8-15(11)7-6-12(3,4)5/h8-9H,6-7H2,1-5H3. The maximum atomic E-state index is 11.3. The number of imidazole rings is 1. The SMILES string of the molecule is CC(C)c1nc(S(=O)(=O)Cl)cn1CCC(C)(C)C. The summed E-state index contributed by atoms with van der Waals surface area (Å²) < 4.78 is 24.5. The van der Waals surface area contributed by atoms with Crippen molar-refractivity contribution in [2.75, 3.05) is 0 Å². The average molecular weight is 293 g/mol. The number of hydrogen-bond acceptors (Lipinski definition) is 3. The van der Waals surface area contributed by atoms with Crippen LogP contribution in [0.15, 0.2) is 11.2 Å². The fourth-order valence-electron chi connectivity index (χ4n) is 1.62. The van der Waals surface area contributed by atoms with Crippen LogP contribution in [0.5, 0.6) is 0 Å². The summed E-state index contributed by atoms with van der Waals surface area (Å²) >= 11 is 0. The minimum Gasteiger partial charge on any atom is -0.333 e. The van der Waals surface area contributed by atoms with Gasteiger partial charge in [-0.25, -0.2) is 13.4 Å². The van der Waals surface area contributed by atoms with E-state index >= 15 is 0 Å². The Morgan fingerprint density at radius 2 is 1.94 bits per heavy atom. The Labute approximate surface area is 114 Å². The van der Waals surface area contributed by atoms with Gasteiger partial charge in [0.15, 0.2) is 5.03 Å². The zero-order chi connectivity index (χ0) is 14.1. The second-order valence-corrected chi connectivity index (χ2v) is 8.55. The van der Waals surface area contributed by atoms with Gasteiger partial charge in [0.2, 0.25) is 0 Å². The third-order valence-electron chi connectivity index (χ3n) is 2.65. The lowest BCUT2D eigenvalue weighted by molar-refractivity contribution is 0.346. The summed E-state index contributed by atoms with van der Waals surface area (Å²) in [5.41, 5.74) is 0.193. The molecular formula is C12H21ClN2O2S. The molecule has 0 aliphatic carbocycles. The van der Waals surface area contributed by atoms with Gasteiger partial charge in [-0.05, 0) is 11.8 Å². The van der Waals surface area contributed by atoms with Crippen LogP contribution in [0.1, 0.15) is 52.8 Å². The van der Waals surface area contributed by atoms with Crippen LogP contribution in [-0.2, 0) is 15.6 Å². The molecule has 104 valence electrons. The molecule has 0 saturated carbocycles. The Morgan fingerprint density at radius 3 is 2.33 bits per heavy atom. The van der Waals surface area contributed by atoms with Gasteiger partial charge in [-0.2, -0.15) is 0 Å². The Bertz CT molecular complexity index is 513. The van der Waals surface area contributed by atoms with Crippen LogP contribution >= 0.6 is 10.7 Å². The van der Waals surface area contributed by atoms with Crippen molar-refractivity contribution in [1.29, 1.82) is 0 Å². The highest BCUT2D eigenvalue weighted by Gasteiger charge is 2.20. The van der Waals surface area contributed by atoms with E-state index < -0.39 is 9.05 Å². The molecule has 0 saturated heterocycles. The minimum absolute atomic E-state index is 0.0539. The minimum atomic E-state index is -3.75. The molecule has 0 unspecified atom stereocenters. The summed E-state index contributed by atoms with van der Waals surface area (Å²) in [6.07, 6.45) is 2.48. The zero-order valence-corrected chi connectivity index (χ0v) is 13.1. The molecule has 0 bridgehead atoms. The summed E-state index contributed by atoms with van der Waals surface area (Å²) in [7, 11) is 1.58. The number of nitrogens with zero attached hydrogens (tertiary/aromatic N) is 2. The van der Waals surface area contributed by atoms with Crippen molar-refractivity contribution in [3.8, 4) is 0 Å². The van der Waals surface area contributed by atoms with E-state index in [0.717, 1.165) is 18.8 Å². The van der Waals surface area contributed by atoms with Crippen LogP contribution in [0, 0.1) is 5.41 Å². The van der Waals surface area contributed by atoms with Crippen molar-refractivity contribution in [2.45, 2.75) is 58.5 Å². The highest BCUT2D eigenvalue weighted by molar-refractivity contribution is 8.13. The molecule has 0 fully saturated rings. The smallest absolute Gasteiger partial charge is 0.280 e. The molecule has 0 N–H and O–H groups in total. The lowest BCUT2D eigenvalue weighted by atomic mass is 9.92. The molecule has 18 heavy (non-hydrogen) atoms. The summed E-state index contributed by atoms with van der Waals surface area (Å²) in [6, 6.07) is 0. The molecule has 0 radical (unpaired) electrons. The van der Waals surface area contributed by atoms with Crippen LogP contribution in [0.3, 0.4) is 0 Å². The second kappa shape index (κ2) is 5.21. The normalized spacial score (nSPS) is 13.3. The van der Waals surface area contributed by atoms with Gasteiger partial charge in [0.1, 0.15) is 5.82 Å². The Kier molecular flexibility index (Phi) is 4.49. The maximum Gasteiger partial charge on any atom is 0.280 e. The van der Waals surface area contributed by atoms with E-state index in [-0.39, 0.29) is 16.4 Å². The average Bonchev–Trinajstić information content (AvgIpc) is 2.56. The van der Waals surface area contributed by atoms with Crippen LogP contribution in [0.2, 0.25) is 0 Å². The van der Waals surface area contributed by atoms with Crippen molar-refractivity contribution in [1.82, 2.24) is 9.55 Å². The summed E-state index contributed by atoms with van der Waals surface area (Å²) in [6.45, 7) is 11.2. The molecular weight excluding hydrogens is 272 g/mol. The van der Waals surface area contributed by atoms with Crippen LogP contribution in [-0.4, -0.2) is 18.0 Å². The lowest BCUT2D eigenvalue weighted by Crippen LogP contribution is -2.12. The topological polar surface area (TPSA) is 52.0 Å². The number of rotatable bonds is 4. The third-order valence-corrected chi connectivity index (χ3v) is 3.82. The Balaban J connectivity index is 3.06. The molecule has 0 spiro atoms. The first-order chi connectivity index (χ1) is 8.00. The lowest BCUT2D eigenvalue weighted by Gasteiger charge is -2.19. The number of aryl methyl sites for hydroxylation is 1. The predicted octanol–water partition coefficient (Wildman–Crippen LogP) is 3.37. The van der Waals surface area contributed by atoms with Gasteiger partial charge in [0.25, 0.3) is 9.05 Å². The summed E-state index contributed by atoms with van der Waals surface area (Å²) in [4.78, 5) is 4.12. The van der Waals surface area contributed by atoms with Crippen molar-refractivity contribution in [2.24, 2.45) is 5.41 Å². The maximum absolute atomic E-state index is 11.3. The van der Waals surface area contributed by atoms with E-state index in [1.807, 2.05) is 18.4 Å². The molecule has 6 heteroatoms. The van der Waals surface area contributed by atoms with Gasteiger partial charge in [-0.1, -0.05) is 34.6 Å². The fraction of sp³-hybridized carbons (Fsp3) is 0.750. The van der Waals surface area contributed by atoms with Crippen LogP contribution in [0.4, 0.5) is 0 Å². The molecule has 1 heterocycles. The number of halogens is 1. The quantitative estimate of drug-likeness (QED) is 0.800. The Morgan fingerprint density at radius 1 is 1.39 bits per heavy atom. The van der Waals surface area contributed by atoms with Gasteiger partial charge >= 0.3 is 0 Å². The monoisotopic (exact) mass is 292 g/mol. The van der Waals surface area contributed by atoms with Gasteiger partial charge in [0.05, 0.1) is 0 Å². The Hall–Kier alpha value is -0.550. The molecule has 0 aliphatic heterocycles. The van der Waals surface area contributed by atoms with E-state index in [0.29, 0.717) is 0 Å². The summed E-state index contributed by atoms with van der Waals surface area (Å²) in [5.74, 6) is 0.926. The van der Waals surface area contributed by atoms with Crippen molar-refractivity contribution >= 4 is 19.7 Å². The molecule has 1 rings (SSSR count). The van der Waals surface area contributed by atoms with Gasteiger partial charge in [-0.15, -0.1) is 0 Å². The van der Waals surface area contributed by atoms with E-state index in [1.165, 1.54) is 6.20 Å². The zero-order valence-electron chi connectivity index (χ0n) is 11.6. The molecule has 0 aliphatic rings. The largest absolute Gasteiger partial charge is 0.333 e. The van der Waals surface area contributed by atoms with E-state index in [4.69, 9.17) is 10.7 Å². The first-order valence-corrected chi connectivity index (χ1v) is 8.33. The van der Waals surface area contributed by atoms with Crippen molar-refractivity contribution in [3.63, 3.8) is 0 Å². The van der Waals surface area contributed by atoms with Gasteiger partial charge in [0, 0.05) is 29.3 Å². The van der Waals surface area contributed by atoms with Crippen molar-refractivity contribution < 1.29 is 8.42 Å². The van der Waals surface area contributed by atoms with Gasteiger partial charge in [-0.3, -0.25) is 0 Å². The van der Waals surface area contributed by atoms with Gasteiger partial charge < -0.3 is 4.57 Å². The molecule has 0 aromatic carbocycles. The first-order valence-electron chi connectivity index (χ1n) is 6.02. The summed E-state index contributed by atoms with van der Waals surface area (Å²) in [5, 5.41) is -0.0539. The molecule has 4 nitrogen and oxygen atoms in total. The molecule has 1 aromatic rings. The predicted molar refractivity (Wildman–Crippen MR) is 73.4 cm³/mol. The van der Waals surface area contributed by atoms with Crippen LogP contribution in [0.25, 0.3) is 0 Å². The highest BCUT2D eigenvalue weighted by atomic mass is 35.7. The third kappa shape index (κ3) is 4.28. The van der Waals surface area contributed by atoms with E-state index in [1.54, 1.807) is 0 Å². The van der Waals surface area contributed by atoms with Crippen LogP contribution < -0.4 is 0 Å². The van der Waals surface area contributed by atoms with E-state index in [2.05, 4.69) is 25.8 Å². The highest BCUT2D eigenvalue weighted by Crippen LogP contribution is 2.24. The molecule has 0 atom stereocenters. The number of hydrogen-bond donors (Lipinski definition) is 0. The van der Waals surface area contributed by atoms with E-state index in [9.17, 15) is 8.42 Å². The first kappa shape index (κ1) is 15.5.